The van der Waals surface area contributed by atoms with Gasteiger partial charge in [0.25, 0.3) is 10.0 Å². The Kier molecular flexibility index (Phi) is 4.05. The highest BCUT2D eigenvalue weighted by Crippen LogP contribution is 2.24. The third-order valence-corrected chi connectivity index (χ3v) is 4.78. The van der Waals surface area contributed by atoms with Crippen LogP contribution in [0.3, 0.4) is 0 Å². The first-order valence-corrected chi connectivity index (χ1v) is 8.20. The zero-order valence-electron chi connectivity index (χ0n) is 11.0. The Bertz CT molecular complexity index is 725. The summed E-state index contributed by atoms with van der Waals surface area (Å²) in [5, 5.41) is 6.73. The average molecular weight is 359 g/mol. The van der Waals surface area contributed by atoms with Gasteiger partial charge in [-0.2, -0.15) is 5.10 Å². The molecule has 0 amide bonds. The molecule has 2 aromatic rings. The number of halogens is 1. The summed E-state index contributed by atoms with van der Waals surface area (Å²) in [5.41, 5.74) is 6.98. The molecular weight excluding hydrogens is 344 g/mol. The molecule has 0 fully saturated rings. The first-order valence-electron chi connectivity index (χ1n) is 5.93. The molecule has 0 saturated heterocycles. The molecule has 1 heterocycles. The second kappa shape index (κ2) is 5.45. The van der Waals surface area contributed by atoms with E-state index in [2.05, 4.69) is 30.8 Å². The lowest BCUT2D eigenvalue weighted by atomic mass is 10.1. The number of nitrogens with two attached hydrogens (primary N) is 1. The molecule has 108 valence electrons. The predicted octanol–water partition coefficient (Wildman–Crippen LogP) is 2.68. The third-order valence-electron chi connectivity index (χ3n) is 2.74. The number of rotatable bonds is 4. The Hall–Kier alpha value is -1.54. The predicted molar refractivity (Wildman–Crippen MR) is 82.0 cm³/mol. The van der Waals surface area contributed by atoms with Crippen molar-refractivity contribution >= 4 is 37.5 Å². The van der Waals surface area contributed by atoms with E-state index in [9.17, 15) is 8.42 Å². The molecular formula is C12H15BrN4O2S. The zero-order valence-corrected chi connectivity index (χ0v) is 13.4. The van der Waals surface area contributed by atoms with Crippen molar-refractivity contribution in [2.45, 2.75) is 24.7 Å². The number of nitrogens with zero attached hydrogens (tertiary/aromatic N) is 1. The number of nitrogens with one attached hydrogen (secondary N) is 2. The largest absolute Gasteiger partial charge is 0.398 e. The summed E-state index contributed by atoms with van der Waals surface area (Å²) in [7, 11) is -3.68. The van der Waals surface area contributed by atoms with Crippen molar-refractivity contribution in [3.05, 3.63) is 34.4 Å². The SMILES string of the molecule is CC(C)c1cc(NS(=O)(=O)c2ccc(N)c(Br)c2)n[nH]1. The van der Waals surface area contributed by atoms with E-state index in [1.165, 1.54) is 18.2 Å². The molecule has 4 N–H and O–H groups in total. The Morgan fingerprint density at radius 2 is 2.05 bits per heavy atom. The summed E-state index contributed by atoms with van der Waals surface area (Å²) in [4.78, 5) is 0.118. The lowest BCUT2D eigenvalue weighted by Crippen LogP contribution is -2.13. The fourth-order valence-electron chi connectivity index (χ4n) is 1.56. The maximum absolute atomic E-state index is 12.2. The summed E-state index contributed by atoms with van der Waals surface area (Å²) in [5.74, 6) is 0.507. The lowest BCUT2D eigenvalue weighted by molar-refractivity contribution is 0.601. The number of benzene rings is 1. The van der Waals surface area contributed by atoms with Crippen LogP contribution in [0.5, 0.6) is 0 Å². The van der Waals surface area contributed by atoms with Gasteiger partial charge in [-0.1, -0.05) is 13.8 Å². The highest BCUT2D eigenvalue weighted by Gasteiger charge is 2.17. The van der Waals surface area contributed by atoms with E-state index in [0.717, 1.165) is 5.69 Å². The van der Waals surface area contributed by atoms with E-state index in [4.69, 9.17) is 5.73 Å². The molecule has 0 saturated carbocycles. The second-order valence-electron chi connectivity index (χ2n) is 4.65. The smallest absolute Gasteiger partial charge is 0.263 e. The van der Waals surface area contributed by atoms with Gasteiger partial charge in [-0.3, -0.25) is 9.82 Å². The molecule has 6 nitrogen and oxygen atoms in total. The molecule has 0 aliphatic heterocycles. The molecule has 0 aliphatic carbocycles. The highest BCUT2D eigenvalue weighted by molar-refractivity contribution is 9.10. The van der Waals surface area contributed by atoms with Crippen LogP contribution >= 0.6 is 15.9 Å². The van der Waals surface area contributed by atoms with Gasteiger partial charge in [0.2, 0.25) is 0 Å². The average Bonchev–Trinajstić information content (AvgIpc) is 2.80. The minimum atomic E-state index is -3.68. The molecule has 2 rings (SSSR count). The fraction of sp³-hybridized carbons (Fsp3) is 0.250. The fourth-order valence-corrected chi connectivity index (χ4v) is 3.10. The number of hydrogen-bond donors (Lipinski definition) is 3. The van der Waals surface area contributed by atoms with Crippen molar-refractivity contribution in [3.63, 3.8) is 0 Å². The lowest BCUT2D eigenvalue weighted by Gasteiger charge is -2.06. The zero-order chi connectivity index (χ0) is 14.9. The van der Waals surface area contributed by atoms with Crippen LogP contribution in [0.2, 0.25) is 0 Å². The summed E-state index contributed by atoms with van der Waals surface area (Å²) in [6.45, 7) is 3.98. The minimum Gasteiger partial charge on any atom is -0.398 e. The quantitative estimate of drug-likeness (QED) is 0.731. The first-order chi connectivity index (χ1) is 9.29. The van der Waals surface area contributed by atoms with Gasteiger partial charge in [0.1, 0.15) is 0 Å². The van der Waals surface area contributed by atoms with Gasteiger partial charge in [-0.05, 0) is 40.0 Å². The van der Waals surface area contributed by atoms with E-state index in [0.29, 0.717) is 10.2 Å². The van der Waals surface area contributed by atoms with Crippen molar-refractivity contribution in [3.8, 4) is 0 Å². The van der Waals surface area contributed by atoms with Crippen LogP contribution in [0, 0.1) is 0 Å². The van der Waals surface area contributed by atoms with Crippen LogP contribution in [0.25, 0.3) is 0 Å². The summed E-state index contributed by atoms with van der Waals surface area (Å²) in [6.07, 6.45) is 0. The van der Waals surface area contributed by atoms with E-state index in [1.54, 1.807) is 6.07 Å². The van der Waals surface area contributed by atoms with Crippen LogP contribution in [-0.4, -0.2) is 18.6 Å². The number of sulfonamides is 1. The van der Waals surface area contributed by atoms with Crippen molar-refractivity contribution in [2.75, 3.05) is 10.5 Å². The van der Waals surface area contributed by atoms with Crippen molar-refractivity contribution < 1.29 is 8.42 Å². The van der Waals surface area contributed by atoms with Crippen molar-refractivity contribution in [1.29, 1.82) is 0 Å². The number of aromatic nitrogens is 2. The van der Waals surface area contributed by atoms with E-state index >= 15 is 0 Å². The Morgan fingerprint density at radius 3 is 2.60 bits per heavy atom. The van der Waals surface area contributed by atoms with E-state index in [1.807, 2.05) is 13.8 Å². The normalized spacial score (nSPS) is 11.8. The topological polar surface area (TPSA) is 101 Å². The number of hydrogen-bond acceptors (Lipinski definition) is 4. The molecule has 0 spiro atoms. The number of H-pyrrole nitrogens is 1. The third kappa shape index (κ3) is 3.13. The van der Waals surface area contributed by atoms with Crippen LogP contribution in [-0.2, 0) is 10.0 Å². The number of nitrogen functional groups attached to an aromatic ring is 1. The molecule has 1 aromatic heterocycles. The summed E-state index contributed by atoms with van der Waals surface area (Å²) < 4.78 is 27.4. The minimum absolute atomic E-state index is 0.118. The van der Waals surface area contributed by atoms with Crippen LogP contribution in [0.15, 0.2) is 33.6 Å². The Labute approximate surface area is 125 Å². The van der Waals surface area contributed by atoms with E-state index in [-0.39, 0.29) is 16.6 Å². The van der Waals surface area contributed by atoms with Crippen LogP contribution in [0.4, 0.5) is 11.5 Å². The number of aromatic amines is 1. The maximum Gasteiger partial charge on any atom is 0.263 e. The van der Waals surface area contributed by atoms with Crippen molar-refractivity contribution in [2.24, 2.45) is 0 Å². The molecule has 1 aromatic carbocycles. The second-order valence-corrected chi connectivity index (χ2v) is 7.19. The van der Waals surface area contributed by atoms with Gasteiger partial charge in [0.05, 0.1) is 4.90 Å². The summed E-state index contributed by atoms with van der Waals surface area (Å²) in [6, 6.07) is 6.10. The monoisotopic (exact) mass is 358 g/mol. The van der Waals surface area contributed by atoms with Gasteiger partial charge in [0.15, 0.2) is 5.82 Å². The summed E-state index contributed by atoms with van der Waals surface area (Å²) >= 11 is 3.21. The highest BCUT2D eigenvalue weighted by atomic mass is 79.9. The van der Waals surface area contributed by atoms with Gasteiger partial charge in [0, 0.05) is 21.9 Å². The van der Waals surface area contributed by atoms with Gasteiger partial charge >= 0.3 is 0 Å². The molecule has 0 unspecified atom stereocenters. The molecule has 8 heteroatoms. The molecule has 0 atom stereocenters. The van der Waals surface area contributed by atoms with Gasteiger partial charge < -0.3 is 5.73 Å². The van der Waals surface area contributed by atoms with Crippen molar-refractivity contribution in [1.82, 2.24) is 10.2 Å². The van der Waals surface area contributed by atoms with Gasteiger partial charge in [-0.15, -0.1) is 0 Å². The standard InChI is InChI=1S/C12H15BrN4O2S/c1-7(2)11-6-12(16-15-11)17-20(18,19)8-3-4-10(14)9(13)5-8/h3-7H,14H2,1-2H3,(H2,15,16,17). The first kappa shape index (κ1) is 14.9. The Balaban J connectivity index is 2.28. The molecule has 20 heavy (non-hydrogen) atoms. The Morgan fingerprint density at radius 1 is 1.35 bits per heavy atom. The van der Waals surface area contributed by atoms with Gasteiger partial charge in [-0.25, -0.2) is 8.42 Å². The maximum atomic E-state index is 12.2. The van der Waals surface area contributed by atoms with Crippen LogP contribution < -0.4 is 10.5 Å². The molecule has 0 bridgehead atoms. The molecule has 0 radical (unpaired) electrons. The van der Waals surface area contributed by atoms with Crippen LogP contribution in [0.1, 0.15) is 25.5 Å². The molecule has 0 aliphatic rings. The number of anilines is 2. The van der Waals surface area contributed by atoms with E-state index < -0.39 is 10.0 Å².